The minimum atomic E-state index is -4.15. The summed E-state index contributed by atoms with van der Waals surface area (Å²) in [5.74, 6) is -0.982. The first kappa shape index (κ1) is 24.1. The summed E-state index contributed by atoms with van der Waals surface area (Å²) in [4.78, 5) is 24.1. The molecule has 0 heterocycles. The van der Waals surface area contributed by atoms with Crippen molar-refractivity contribution in [3.05, 3.63) is 82.9 Å². The molecule has 0 saturated carbocycles. The Labute approximate surface area is 197 Å². The molecule has 0 aliphatic carbocycles. The normalized spacial score (nSPS) is 11.0. The van der Waals surface area contributed by atoms with E-state index < -0.39 is 28.4 Å². The highest BCUT2D eigenvalue weighted by Crippen LogP contribution is 2.35. The van der Waals surface area contributed by atoms with E-state index in [2.05, 4.69) is 5.32 Å². The summed E-state index contributed by atoms with van der Waals surface area (Å²) < 4.78 is 33.3. The summed E-state index contributed by atoms with van der Waals surface area (Å²) in [6, 6.07) is 16.7. The fourth-order valence-electron chi connectivity index (χ4n) is 3.04. The minimum Gasteiger partial charge on any atom is -0.495 e. The number of hydrogen-bond acceptors (Lipinski definition) is 5. The number of anilines is 2. The Kier molecular flexibility index (Phi) is 7.25. The lowest BCUT2D eigenvalue weighted by Crippen LogP contribution is -2.38. The molecule has 3 aromatic rings. The zero-order valence-electron chi connectivity index (χ0n) is 17.9. The van der Waals surface area contributed by atoms with Crippen LogP contribution in [0.1, 0.15) is 15.9 Å². The van der Waals surface area contributed by atoms with Crippen LogP contribution < -0.4 is 20.1 Å². The Bertz CT molecular complexity index is 1280. The Balaban J connectivity index is 1.98. The number of carbonyl (C=O) groups excluding carboxylic acids is 2. The van der Waals surface area contributed by atoms with Crippen molar-refractivity contribution in [1.82, 2.24) is 0 Å². The van der Waals surface area contributed by atoms with Gasteiger partial charge in [-0.2, -0.15) is 0 Å². The van der Waals surface area contributed by atoms with Crippen LogP contribution in [0, 0.1) is 6.92 Å². The van der Waals surface area contributed by atoms with Crippen molar-refractivity contribution in [3.63, 3.8) is 0 Å². The first-order valence-corrected chi connectivity index (χ1v) is 11.6. The number of primary amides is 1. The van der Waals surface area contributed by atoms with Gasteiger partial charge in [-0.1, -0.05) is 29.3 Å². The number of benzene rings is 3. The molecule has 33 heavy (non-hydrogen) atoms. The van der Waals surface area contributed by atoms with Gasteiger partial charge in [0.2, 0.25) is 11.8 Å². The predicted octanol–water partition coefficient (Wildman–Crippen LogP) is 3.59. The van der Waals surface area contributed by atoms with Gasteiger partial charge in [0.15, 0.2) is 0 Å². The van der Waals surface area contributed by atoms with Crippen LogP contribution in [0.5, 0.6) is 5.75 Å². The molecule has 0 atom stereocenters. The number of amides is 2. The number of nitrogens with one attached hydrogen (secondary N) is 1. The molecule has 2 amide bonds. The van der Waals surface area contributed by atoms with Crippen molar-refractivity contribution in [2.75, 3.05) is 23.3 Å². The van der Waals surface area contributed by atoms with Crippen molar-refractivity contribution < 1.29 is 22.7 Å². The molecule has 0 radical (unpaired) electrons. The number of aryl methyl sites for hydroxylation is 1. The standard InChI is InChI=1S/C23H22ClN3O5S/c1-15-3-10-19(11-4-15)33(30,31)27(20-13-17(24)7-12-21(20)32-2)14-22(28)26-18-8-5-16(6-9-18)23(25)29/h3-13H,14H2,1-2H3,(H2,25,29)(H,26,28). The molecule has 0 bridgehead atoms. The molecule has 3 N–H and O–H groups in total. The number of sulfonamides is 1. The third kappa shape index (κ3) is 5.63. The van der Waals surface area contributed by atoms with Crippen molar-refractivity contribution in [2.24, 2.45) is 5.73 Å². The molecule has 172 valence electrons. The van der Waals surface area contributed by atoms with Gasteiger partial charge < -0.3 is 15.8 Å². The van der Waals surface area contributed by atoms with E-state index in [0.717, 1.165) is 9.87 Å². The van der Waals surface area contributed by atoms with Crippen LogP contribution in [-0.2, 0) is 14.8 Å². The van der Waals surface area contributed by atoms with Crippen LogP contribution in [0.15, 0.2) is 71.6 Å². The topological polar surface area (TPSA) is 119 Å². The van der Waals surface area contributed by atoms with Gasteiger partial charge in [-0.05, 0) is 61.5 Å². The van der Waals surface area contributed by atoms with Gasteiger partial charge in [0.1, 0.15) is 12.3 Å². The van der Waals surface area contributed by atoms with E-state index in [0.29, 0.717) is 5.69 Å². The summed E-state index contributed by atoms with van der Waals surface area (Å²) in [7, 11) is -2.76. The second kappa shape index (κ2) is 9.93. The SMILES string of the molecule is COc1ccc(Cl)cc1N(CC(=O)Nc1ccc(C(N)=O)cc1)S(=O)(=O)c1ccc(C)cc1. The summed E-state index contributed by atoms with van der Waals surface area (Å²) in [5.41, 5.74) is 6.88. The van der Waals surface area contributed by atoms with Gasteiger partial charge in [-0.3, -0.25) is 13.9 Å². The van der Waals surface area contributed by atoms with Crippen LogP contribution in [0.4, 0.5) is 11.4 Å². The highest BCUT2D eigenvalue weighted by molar-refractivity contribution is 7.92. The molecule has 0 spiro atoms. The first-order valence-electron chi connectivity index (χ1n) is 9.74. The molecule has 0 fully saturated rings. The van der Waals surface area contributed by atoms with Crippen molar-refractivity contribution >= 4 is 44.8 Å². The zero-order chi connectivity index (χ0) is 24.2. The molecular weight excluding hydrogens is 466 g/mol. The molecule has 0 aliphatic rings. The summed E-state index contributed by atoms with van der Waals surface area (Å²) >= 11 is 6.13. The van der Waals surface area contributed by atoms with E-state index in [1.165, 1.54) is 55.6 Å². The molecule has 10 heteroatoms. The fraction of sp³-hybridized carbons (Fsp3) is 0.130. The van der Waals surface area contributed by atoms with Crippen LogP contribution in [-0.4, -0.2) is 33.9 Å². The number of carbonyl (C=O) groups is 2. The van der Waals surface area contributed by atoms with Crippen LogP contribution >= 0.6 is 11.6 Å². The van der Waals surface area contributed by atoms with Crippen molar-refractivity contribution in [3.8, 4) is 5.75 Å². The number of halogens is 1. The minimum absolute atomic E-state index is 0.00809. The number of hydrogen-bond donors (Lipinski definition) is 2. The smallest absolute Gasteiger partial charge is 0.264 e. The number of nitrogens with zero attached hydrogens (tertiary/aromatic N) is 1. The second-order valence-electron chi connectivity index (χ2n) is 7.13. The number of methoxy groups -OCH3 is 1. The summed E-state index contributed by atoms with van der Waals surface area (Å²) in [6.45, 7) is 1.29. The molecule has 0 saturated heterocycles. The van der Waals surface area contributed by atoms with Crippen molar-refractivity contribution in [1.29, 1.82) is 0 Å². The highest BCUT2D eigenvalue weighted by atomic mass is 35.5. The average Bonchev–Trinajstić information content (AvgIpc) is 2.78. The lowest BCUT2D eigenvalue weighted by atomic mass is 10.2. The third-order valence-electron chi connectivity index (χ3n) is 4.76. The van der Waals surface area contributed by atoms with E-state index in [1.54, 1.807) is 18.2 Å². The Hall–Kier alpha value is -3.56. The van der Waals surface area contributed by atoms with E-state index in [9.17, 15) is 18.0 Å². The largest absolute Gasteiger partial charge is 0.495 e. The van der Waals surface area contributed by atoms with Crippen molar-refractivity contribution in [2.45, 2.75) is 11.8 Å². The van der Waals surface area contributed by atoms with Gasteiger partial charge in [-0.15, -0.1) is 0 Å². The average molecular weight is 488 g/mol. The predicted molar refractivity (Wildman–Crippen MR) is 127 cm³/mol. The van der Waals surface area contributed by atoms with Crippen LogP contribution in [0.25, 0.3) is 0 Å². The highest BCUT2D eigenvalue weighted by Gasteiger charge is 2.29. The van der Waals surface area contributed by atoms with Gasteiger partial charge in [0, 0.05) is 16.3 Å². The fourth-order valence-corrected chi connectivity index (χ4v) is 4.63. The number of rotatable bonds is 8. The maximum absolute atomic E-state index is 13.5. The Morgan fingerprint density at radius 1 is 1.03 bits per heavy atom. The Morgan fingerprint density at radius 2 is 1.67 bits per heavy atom. The van der Waals surface area contributed by atoms with E-state index >= 15 is 0 Å². The molecule has 0 aromatic heterocycles. The second-order valence-corrected chi connectivity index (χ2v) is 9.43. The molecule has 0 aliphatic heterocycles. The van der Waals surface area contributed by atoms with Gasteiger partial charge in [-0.25, -0.2) is 8.42 Å². The zero-order valence-corrected chi connectivity index (χ0v) is 19.5. The third-order valence-corrected chi connectivity index (χ3v) is 6.77. The van der Waals surface area contributed by atoms with E-state index in [-0.39, 0.29) is 26.9 Å². The van der Waals surface area contributed by atoms with Crippen LogP contribution in [0.3, 0.4) is 0 Å². The van der Waals surface area contributed by atoms with Gasteiger partial charge in [0.25, 0.3) is 10.0 Å². The first-order chi connectivity index (χ1) is 15.6. The summed E-state index contributed by atoms with van der Waals surface area (Å²) in [6.07, 6.45) is 0. The molecule has 3 aromatic carbocycles. The monoisotopic (exact) mass is 487 g/mol. The molecule has 0 unspecified atom stereocenters. The molecule has 8 nitrogen and oxygen atoms in total. The van der Waals surface area contributed by atoms with Gasteiger partial charge in [0.05, 0.1) is 17.7 Å². The lowest BCUT2D eigenvalue weighted by Gasteiger charge is -2.26. The van der Waals surface area contributed by atoms with E-state index in [1.807, 2.05) is 6.92 Å². The van der Waals surface area contributed by atoms with E-state index in [4.69, 9.17) is 22.1 Å². The summed E-state index contributed by atoms with van der Waals surface area (Å²) in [5, 5.41) is 2.90. The lowest BCUT2D eigenvalue weighted by molar-refractivity contribution is -0.114. The number of ether oxygens (including phenoxy) is 1. The quantitative estimate of drug-likeness (QED) is 0.503. The number of nitrogens with two attached hydrogens (primary N) is 1. The molecule has 3 rings (SSSR count). The molecular formula is C23H22ClN3O5S. The van der Waals surface area contributed by atoms with Gasteiger partial charge >= 0.3 is 0 Å². The maximum atomic E-state index is 13.5. The van der Waals surface area contributed by atoms with Crippen LogP contribution in [0.2, 0.25) is 5.02 Å². The maximum Gasteiger partial charge on any atom is 0.264 e. The Morgan fingerprint density at radius 3 is 2.24 bits per heavy atom.